The van der Waals surface area contributed by atoms with E-state index in [2.05, 4.69) is 31.3 Å². The molecular formula is C27H35Cl2N3O3S. The Balaban J connectivity index is 1.47. The first-order chi connectivity index (χ1) is 17.2. The van der Waals surface area contributed by atoms with Crippen LogP contribution in [0.15, 0.2) is 46.2 Å². The lowest BCUT2D eigenvalue weighted by atomic mass is 9.97. The lowest BCUT2D eigenvalue weighted by Crippen LogP contribution is -2.44. The zero-order chi connectivity index (χ0) is 26.2. The molecule has 2 amide bonds. The van der Waals surface area contributed by atoms with E-state index in [1.807, 2.05) is 48.2 Å². The smallest absolute Gasteiger partial charge is 0.407 e. The summed E-state index contributed by atoms with van der Waals surface area (Å²) in [6.45, 7) is 6.74. The number of carbonyl (C=O) groups excluding carboxylic acids is 2. The highest BCUT2D eigenvalue weighted by Gasteiger charge is 2.23. The number of carbonyl (C=O) groups is 2. The Hall–Kier alpha value is -1.93. The lowest BCUT2D eigenvalue weighted by Gasteiger charge is -2.32. The van der Waals surface area contributed by atoms with E-state index >= 15 is 0 Å². The molecular weight excluding hydrogens is 517 g/mol. The van der Waals surface area contributed by atoms with E-state index in [1.165, 1.54) is 5.56 Å². The quantitative estimate of drug-likeness (QED) is 0.396. The maximum absolute atomic E-state index is 12.3. The predicted molar refractivity (Wildman–Crippen MR) is 147 cm³/mol. The third kappa shape index (κ3) is 8.04. The number of hydrogen-bond acceptors (Lipinski definition) is 5. The fourth-order valence-corrected chi connectivity index (χ4v) is 5.82. The fraction of sp³-hybridized carbons (Fsp3) is 0.481. The van der Waals surface area contributed by atoms with Gasteiger partial charge in [0.1, 0.15) is 6.61 Å². The van der Waals surface area contributed by atoms with Gasteiger partial charge in [0.05, 0.1) is 16.6 Å². The SMILES string of the molecule is CC(C)c1ccccc1Sc1ccc(COC(=O)NCC2CCN(C(=O)CN(C)C)CC2)c(Cl)c1Cl. The van der Waals surface area contributed by atoms with Gasteiger partial charge >= 0.3 is 6.09 Å². The van der Waals surface area contributed by atoms with Crippen molar-refractivity contribution in [2.75, 3.05) is 40.3 Å². The fourth-order valence-electron chi connectivity index (χ4n) is 4.11. The normalized spacial score (nSPS) is 14.4. The highest BCUT2D eigenvalue weighted by molar-refractivity contribution is 7.99. The molecule has 1 aliphatic rings. The van der Waals surface area contributed by atoms with Crippen LogP contribution in [0.2, 0.25) is 10.0 Å². The van der Waals surface area contributed by atoms with Crippen LogP contribution in [0.3, 0.4) is 0 Å². The van der Waals surface area contributed by atoms with Crippen molar-refractivity contribution in [3.63, 3.8) is 0 Å². The molecule has 1 heterocycles. The van der Waals surface area contributed by atoms with Crippen molar-refractivity contribution in [2.24, 2.45) is 5.92 Å². The van der Waals surface area contributed by atoms with Gasteiger partial charge in [-0.1, -0.05) is 73.1 Å². The number of halogens is 2. The molecule has 0 saturated carbocycles. The topological polar surface area (TPSA) is 61.9 Å². The summed E-state index contributed by atoms with van der Waals surface area (Å²) in [7, 11) is 3.78. The van der Waals surface area contributed by atoms with Crippen molar-refractivity contribution in [3.05, 3.63) is 57.6 Å². The van der Waals surface area contributed by atoms with Gasteiger partial charge in [0.25, 0.3) is 0 Å². The molecule has 0 spiro atoms. The molecule has 9 heteroatoms. The summed E-state index contributed by atoms with van der Waals surface area (Å²) in [6.07, 6.45) is 1.23. The third-order valence-electron chi connectivity index (χ3n) is 6.20. The molecule has 36 heavy (non-hydrogen) atoms. The van der Waals surface area contributed by atoms with Crippen molar-refractivity contribution in [1.82, 2.24) is 15.1 Å². The number of alkyl carbamates (subject to hydrolysis) is 1. The number of nitrogens with zero attached hydrogens (tertiary/aromatic N) is 2. The molecule has 1 aliphatic heterocycles. The minimum absolute atomic E-state index is 0.0371. The number of likely N-dealkylation sites (N-methyl/N-ethyl adjacent to an activating group) is 1. The Bertz CT molecular complexity index is 1060. The van der Waals surface area contributed by atoms with Crippen LogP contribution in [-0.2, 0) is 16.1 Å². The average molecular weight is 553 g/mol. The number of rotatable bonds is 9. The van der Waals surface area contributed by atoms with Crippen molar-refractivity contribution in [2.45, 2.75) is 49.0 Å². The van der Waals surface area contributed by atoms with Gasteiger partial charge in [-0.2, -0.15) is 0 Å². The van der Waals surface area contributed by atoms with Gasteiger partial charge in [-0.3, -0.25) is 4.79 Å². The summed E-state index contributed by atoms with van der Waals surface area (Å²) in [5.74, 6) is 0.867. The van der Waals surface area contributed by atoms with Gasteiger partial charge in [-0.25, -0.2) is 4.79 Å². The number of ether oxygens (including phenoxy) is 1. The molecule has 1 fully saturated rings. The summed E-state index contributed by atoms with van der Waals surface area (Å²) in [5.41, 5.74) is 1.91. The first kappa shape index (κ1) is 28.6. The Morgan fingerprint density at radius 3 is 2.44 bits per heavy atom. The number of amides is 2. The van der Waals surface area contributed by atoms with Crippen LogP contribution in [0.5, 0.6) is 0 Å². The lowest BCUT2D eigenvalue weighted by molar-refractivity contribution is -0.133. The Kier molecular flexibility index (Phi) is 10.8. The van der Waals surface area contributed by atoms with Crippen LogP contribution in [0, 0.1) is 5.92 Å². The van der Waals surface area contributed by atoms with Crippen LogP contribution >= 0.6 is 35.0 Å². The zero-order valence-corrected chi connectivity index (χ0v) is 23.7. The van der Waals surface area contributed by atoms with Crippen molar-refractivity contribution in [1.29, 1.82) is 0 Å². The highest BCUT2D eigenvalue weighted by atomic mass is 35.5. The van der Waals surface area contributed by atoms with Crippen molar-refractivity contribution in [3.8, 4) is 0 Å². The molecule has 196 valence electrons. The molecule has 6 nitrogen and oxygen atoms in total. The van der Waals surface area contributed by atoms with Crippen molar-refractivity contribution >= 4 is 47.0 Å². The maximum atomic E-state index is 12.3. The van der Waals surface area contributed by atoms with Gasteiger partial charge in [-0.05, 0) is 56.5 Å². The second-order valence-corrected chi connectivity index (χ2v) is 11.5. The molecule has 1 saturated heterocycles. The maximum Gasteiger partial charge on any atom is 0.407 e. The Labute approximate surface area is 228 Å². The van der Waals surface area contributed by atoms with Gasteiger partial charge < -0.3 is 19.9 Å². The first-order valence-electron chi connectivity index (χ1n) is 12.2. The highest BCUT2D eigenvalue weighted by Crippen LogP contribution is 2.41. The molecule has 1 N–H and O–H groups in total. The van der Waals surface area contributed by atoms with Crippen LogP contribution in [0.1, 0.15) is 43.7 Å². The molecule has 0 aromatic heterocycles. The number of nitrogens with one attached hydrogen (secondary N) is 1. The predicted octanol–water partition coefficient (Wildman–Crippen LogP) is 6.29. The standard InChI is InChI=1S/C27H35Cl2N3O3S/c1-18(2)21-7-5-6-8-22(21)36-23-10-9-20(25(28)26(23)29)17-35-27(34)30-15-19-11-13-32(14-12-19)24(33)16-31(3)4/h5-10,18-19H,11-17H2,1-4H3,(H,30,34). The van der Waals surface area contributed by atoms with E-state index < -0.39 is 6.09 Å². The van der Waals surface area contributed by atoms with E-state index in [9.17, 15) is 9.59 Å². The summed E-state index contributed by atoms with van der Waals surface area (Å²) in [6, 6.07) is 12.0. The van der Waals surface area contributed by atoms with Crippen LogP contribution in [0.25, 0.3) is 0 Å². The molecule has 2 aromatic rings. The second kappa shape index (κ2) is 13.6. The van der Waals surface area contributed by atoms with E-state index in [4.69, 9.17) is 27.9 Å². The van der Waals surface area contributed by atoms with Crippen molar-refractivity contribution < 1.29 is 14.3 Å². The molecule has 0 unspecified atom stereocenters. The first-order valence-corrected chi connectivity index (χ1v) is 13.8. The average Bonchev–Trinajstić information content (AvgIpc) is 2.85. The van der Waals surface area contributed by atoms with Gasteiger partial charge in [0.2, 0.25) is 5.91 Å². The minimum Gasteiger partial charge on any atom is -0.445 e. The second-order valence-electron chi connectivity index (χ2n) is 9.66. The molecule has 3 rings (SSSR count). The van der Waals surface area contributed by atoms with E-state index in [0.717, 1.165) is 22.6 Å². The van der Waals surface area contributed by atoms with E-state index in [1.54, 1.807) is 11.8 Å². The Morgan fingerprint density at radius 2 is 1.78 bits per heavy atom. The summed E-state index contributed by atoms with van der Waals surface area (Å²) >= 11 is 14.7. The van der Waals surface area contributed by atoms with Crippen LogP contribution in [0.4, 0.5) is 4.79 Å². The Morgan fingerprint density at radius 1 is 1.08 bits per heavy atom. The summed E-state index contributed by atoms with van der Waals surface area (Å²) in [5, 5.41) is 3.69. The van der Waals surface area contributed by atoms with Gasteiger partial charge in [-0.15, -0.1) is 0 Å². The minimum atomic E-state index is -0.488. The molecule has 0 atom stereocenters. The third-order valence-corrected chi connectivity index (χ3v) is 8.39. The molecule has 0 aliphatic carbocycles. The summed E-state index contributed by atoms with van der Waals surface area (Å²) < 4.78 is 5.40. The zero-order valence-electron chi connectivity index (χ0n) is 21.4. The monoisotopic (exact) mass is 551 g/mol. The molecule has 0 radical (unpaired) electrons. The molecule has 0 bridgehead atoms. The number of likely N-dealkylation sites (tertiary alicyclic amines) is 1. The molecule has 2 aromatic carbocycles. The van der Waals surface area contributed by atoms with Crippen LogP contribution in [-0.4, -0.2) is 62.1 Å². The van der Waals surface area contributed by atoms with Gasteiger partial charge in [0, 0.05) is 35.0 Å². The van der Waals surface area contributed by atoms with E-state index in [-0.39, 0.29) is 12.5 Å². The number of benzene rings is 2. The number of piperidine rings is 1. The number of hydrogen-bond donors (Lipinski definition) is 1. The van der Waals surface area contributed by atoms with Gasteiger partial charge in [0.15, 0.2) is 0 Å². The summed E-state index contributed by atoms with van der Waals surface area (Å²) in [4.78, 5) is 30.2. The largest absolute Gasteiger partial charge is 0.445 e. The van der Waals surface area contributed by atoms with Crippen LogP contribution < -0.4 is 5.32 Å². The van der Waals surface area contributed by atoms with E-state index in [0.29, 0.717) is 53.6 Å².